The van der Waals surface area contributed by atoms with Gasteiger partial charge < -0.3 is 5.32 Å². The molecule has 2 fully saturated rings. The summed E-state index contributed by atoms with van der Waals surface area (Å²) >= 11 is 0. The lowest BCUT2D eigenvalue weighted by molar-refractivity contribution is 0.139. The molecule has 2 rings (SSSR count). The standard InChI is InChI=1S/C12H21N3/c13-10-12(11-4-2-1-3-5-11)15-8-6-14-7-9-15/h11-12,14H,1-9H2/t12-/m0/s1. The van der Waals surface area contributed by atoms with Crippen molar-refractivity contribution < 1.29 is 0 Å². The molecule has 1 saturated carbocycles. The van der Waals surface area contributed by atoms with Gasteiger partial charge in [0.25, 0.3) is 0 Å². The van der Waals surface area contributed by atoms with Crippen molar-refractivity contribution in [3.63, 3.8) is 0 Å². The van der Waals surface area contributed by atoms with Crippen molar-refractivity contribution in [2.75, 3.05) is 26.2 Å². The molecule has 1 saturated heterocycles. The first-order chi connectivity index (χ1) is 7.42. The lowest BCUT2D eigenvalue weighted by Gasteiger charge is -2.36. The summed E-state index contributed by atoms with van der Waals surface area (Å²) in [5.74, 6) is 0.641. The van der Waals surface area contributed by atoms with E-state index in [1.807, 2.05) is 0 Å². The Hall–Kier alpha value is -0.590. The Balaban J connectivity index is 1.92. The van der Waals surface area contributed by atoms with Crippen LogP contribution in [0, 0.1) is 17.2 Å². The van der Waals surface area contributed by atoms with Crippen LogP contribution in [0.5, 0.6) is 0 Å². The molecular weight excluding hydrogens is 186 g/mol. The first-order valence-electron chi connectivity index (χ1n) is 6.26. The smallest absolute Gasteiger partial charge is 0.101 e. The largest absolute Gasteiger partial charge is 0.314 e. The van der Waals surface area contributed by atoms with Crippen LogP contribution in [0.2, 0.25) is 0 Å². The molecule has 0 amide bonds. The molecule has 0 bridgehead atoms. The predicted molar refractivity (Wildman–Crippen MR) is 60.4 cm³/mol. The number of piperazine rings is 1. The average molecular weight is 207 g/mol. The summed E-state index contributed by atoms with van der Waals surface area (Å²) in [6.07, 6.45) is 6.56. The van der Waals surface area contributed by atoms with Crippen LogP contribution >= 0.6 is 0 Å². The molecule has 15 heavy (non-hydrogen) atoms. The first-order valence-corrected chi connectivity index (χ1v) is 6.26. The van der Waals surface area contributed by atoms with Gasteiger partial charge in [-0.1, -0.05) is 19.3 Å². The topological polar surface area (TPSA) is 39.1 Å². The highest BCUT2D eigenvalue weighted by molar-refractivity contribution is 4.98. The van der Waals surface area contributed by atoms with Gasteiger partial charge in [-0.15, -0.1) is 0 Å². The van der Waals surface area contributed by atoms with Gasteiger partial charge in [-0.2, -0.15) is 5.26 Å². The van der Waals surface area contributed by atoms with Gasteiger partial charge in [0.05, 0.1) is 6.07 Å². The van der Waals surface area contributed by atoms with Crippen LogP contribution in [-0.2, 0) is 0 Å². The average Bonchev–Trinajstić information content (AvgIpc) is 2.33. The van der Waals surface area contributed by atoms with Gasteiger partial charge >= 0.3 is 0 Å². The van der Waals surface area contributed by atoms with E-state index in [4.69, 9.17) is 0 Å². The molecule has 0 aromatic rings. The van der Waals surface area contributed by atoms with Crippen LogP contribution in [0.25, 0.3) is 0 Å². The third-order valence-corrected chi connectivity index (χ3v) is 3.77. The third-order valence-electron chi connectivity index (χ3n) is 3.77. The van der Waals surface area contributed by atoms with Crippen molar-refractivity contribution in [3.05, 3.63) is 0 Å². The van der Waals surface area contributed by atoms with E-state index in [0.717, 1.165) is 26.2 Å². The summed E-state index contributed by atoms with van der Waals surface area (Å²) in [6, 6.07) is 2.73. The Morgan fingerprint density at radius 1 is 1.13 bits per heavy atom. The fraction of sp³-hybridized carbons (Fsp3) is 0.917. The van der Waals surface area contributed by atoms with Crippen molar-refractivity contribution in [2.24, 2.45) is 5.92 Å². The van der Waals surface area contributed by atoms with Crippen LogP contribution in [0.15, 0.2) is 0 Å². The fourth-order valence-corrected chi connectivity index (χ4v) is 2.90. The van der Waals surface area contributed by atoms with E-state index >= 15 is 0 Å². The number of rotatable bonds is 2. The van der Waals surface area contributed by atoms with Crippen LogP contribution in [0.3, 0.4) is 0 Å². The third kappa shape index (κ3) is 2.70. The minimum absolute atomic E-state index is 0.187. The van der Waals surface area contributed by atoms with Crippen LogP contribution in [-0.4, -0.2) is 37.1 Å². The Morgan fingerprint density at radius 3 is 2.40 bits per heavy atom. The van der Waals surface area contributed by atoms with Gasteiger partial charge in [0.15, 0.2) is 0 Å². The Bertz CT molecular complexity index is 204. The summed E-state index contributed by atoms with van der Waals surface area (Å²) < 4.78 is 0. The van der Waals surface area contributed by atoms with Gasteiger partial charge in [-0.05, 0) is 18.8 Å². The molecule has 0 aromatic carbocycles. The number of nitrogens with zero attached hydrogens (tertiary/aromatic N) is 2. The molecule has 0 spiro atoms. The monoisotopic (exact) mass is 207 g/mol. The summed E-state index contributed by atoms with van der Waals surface area (Å²) in [6.45, 7) is 4.19. The second-order valence-corrected chi connectivity index (χ2v) is 4.76. The Kier molecular flexibility index (Phi) is 3.99. The van der Waals surface area contributed by atoms with E-state index < -0.39 is 0 Å². The zero-order valence-corrected chi connectivity index (χ0v) is 9.41. The quantitative estimate of drug-likeness (QED) is 0.743. The molecular formula is C12H21N3. The van der Waals surface area contributed by atoms with E-state index in [1.165, 1.54) is 32.1 Å². The lowest BCUT2D eigenvalue weighted by atomic mass is 9.83. The summed E-state index contributed by atoms with van der Waals surface area (Å²) in [4.78, 5) is 2.38. The Morgan fingerprint density at radius 2 is 1.80 bits per heavy atom. The maximum absolute atomic E-state index is 9.32. The van der Waals surface area contributed by atoms with E-state index in [9.17, 15) is 5.26 Å². The van der Waals surface area contributed by atoms with Crippen molar-refractivity contribution in [1.82, 2.24) is 10.2 Å². The van der Waals surface area contributed by atoms with Crippen molar-refractivity contribution >= 4 is 0 Å². The van der Waals surface area contributed by atoms with Crippen molar-refractivity contribution in [1.29, 1.82) is 5.26 Å². The predicted octanol–water partition coefficient (Wildman–Crippen LogP) is 1.36. The molecule has 1 aliphatic carbocycles. The van der Waals surface area contributed by atoms with Gasteiger partial charge in [-0.3, -0.25) is 4.90 Å². The number of nitriles is 1. The van der Waals surface area contributed by atoms with Crippen LogP contribution in [0.4, 0.5) is 0 Å². The fourth-order valence-electron chi connectivity index (χ4n) is 2.90. The Labute approximate surface area is 92.4 Å². The molecule has 1 aliphatic heterocycles. The first kappa shape index (κ1) is 10.9. The molecule has 3 heteroatoms. The lowest BCUT2D eigenvalue weighted by Crippen LogP contribution is -2.50. The number of hydrogen-bond acceptors (Lipinski definition) is 3. The SMILES string of the molecule is N#C[C@@H](C1CCCCC1)N1CCNCC1. The second kappa shape index (κ2) is 5.48. The maximum Gasteiger partial charge on any atom is 0.101 e. The molecule has 3 nitrogen and oxygen atoms in total. The molecule has 0 unspecified atom stereocenters. The molecule has 84 valence electrons. The minimum atomic E-state index is 0.187. The van der Waals surface area contributed by atoms with E-state index in [1.54, 1.807) is 0 Å². The van der Waals surface area contributed by atoms with E-state index in [-0.39, 0.29) is 6.04 Å². The number of nitrogens with one attached hydrogen (secondary N) is 1. The van der Waals surface area contributed by atoms with Gasteiger partial charge in [0.2, 0.25) is 0 Å². The summed E-state index contributed by atoms with van der Waals surface area (Å²) in [7, 11) is 0. The maximum atomic E-state index is 9.32. The second-order valence-electron chi connectivity index (χ2n) is 4.76. The number of hydrogen-bond donors (Lipinski definition) is 1. The van der Waals surface area contributed by atoms with Gasteiger partial charge in [0, 0.05) is 26.2 Å². The van der Waals surface area contributed by atoms with E-state index in [2.05, 4.69) is 16.3 Å². The molecule has 1 heterocycles. The van der Waals surface area contributed by atoms with Crippen molar-refractivity contribution in [2.45, 2.75) is 38.1 Å². The molecule has 1 atom stereocenters. The zero-order chi connectivity index (χ0) is 10.5. The van der Waals surface area contributed by atoms with Gasteiger partial charge in [-0.25, -0.2) is 0 Å². The van der Waals surface area contributed by atoms with Gasteiger partial charge in [0.1, 0.15) is 6.04 Å². The van der Waals surface area contributed by atoms with Crippen molar-refractivity contribution in [3.8, 4) is 6.07 Å². The zero-order valence-electron chi connectivity index (χ0n) is 9.41. The summed E-state index contributed by atoms with van der Waals surface area (Å²) in [5.41, 5.74) is 0. The molecule has 0 radical (unpaired) electrons. The summed E-state index contributed by atoms with van der Waals surface area (Å²) in [5, 5.41) is 12.7. The molecule has 2 aliphatic rings. The normalized spacial score (nSPS) is 27.1. The van der Waals surface area contributed by atoms with Crippen LogP contribution < -0.4 is 5.32 Å². The molecule has 0 aromatic heterocycles. The van der Waals surface area contributed by atoms with E-state index in [0.29, 0.717) is 5.92 Å². The minimum Gasteiger partial charge on any atom is -0.314 e. The highest BCUT2D eigenvalue weighted by atomic mass is 15.2. The molecule has 1 N–H and O–H groups in total. The highest BCUT2D eigenvalue weighted by Crippen LogP contribution is 2.28. The highest BCUT2D eigenvalue weighted by Gasteiger charge is 2.29. The van der Waals surface area contributed by atoms with Crippen LogP contribution in [0.1, 0.15) is 32.1 Å².